The van der Waals surface area contributed by atoms with Gasteiger partial charge < -0.3 is 20.0 Å². The van der Waals surface area contributed by atoms with Crippen LogP contribution < -0.4 is 15.2 Å². The molecule has 1 aromatic carbocycles. The molecule has 0 saturated heterocycles. The lowest BCUT2D eigenvalue weighted by molar-refractivity contribution is -0.313. The first-order chi connectivity index (χ1) is 10.6. The van der Waals surface area contributed by atoms with Crippen LogP contribution in [0.1, 0.15) is 18.4 Å². The molecule has 0 fully saturated rings. The Hall–Kier alpha value is -2.30. The number of carboxylic acids is 1. The molecular formula is C17H20NO4-. The summed E-state index contributed by atoms with van der Waals surface area (Å²) in [6.07, 6.45) is 4.40. The molecule has 118 valence electrons. The number of aryl methyl sites for hydroxylation is 1. The summed E-state index contributed by atoms with van der Waals surface area (Å²) < 4.78 is 5.52. The Morgan fingerprint density at radius 2 is 1.82 bits per heavy atom. The van der Waals surface area contributed by atoms with Gasteiger partial charge in [-0.3, -0.25) is 4.79 Å². The molecule has 5 nitrogen and oxygen atoms in total. The van der Waals surface area contributed by atoms with Crippen LogP contribution >= 0.6 is 0 Å². The molecule has 0 aliphatic heterocycles. The Kier molecular flexibility index (Phi) is 5.58. The van der Waals surface area contributed by atoms with Crippen LogP contribution in [0, 0.1) is 18.8 Å². The maximum atomic E-state index is 12.1. The van der Waals surface area contributed by atoms with E-state index in [1.54, 1.807) is 6.08 Å². The fraction of sp³-hybridized carbons (Fsp3) is 0.412. The number of ether oxygens (including phenoxy) is 1. The van der Waals surface area contributed by atoms with E-state index in [-0.39, 0.29) is 5.91 Å². The highest BCUT2D eigenvalue weighted by molar-refractivity contribution is 5.84. The van der Waals surface area contributed by atoms with Crippen molar-refractivity contribution in [2.45, 2.75) is 19.8 Å². The van der Waals surface area contributed by atoms with Crippen molar-refractivity contribution in [2.75, 3.05) is 13.2 Å². The SMILES string of the molecule is Cc1ccc(OCCNC(=O)[C@H]2CC=CC[C@@H]2C(=O)[O-])cc1. The minimum Gasteiger partial charge on any atom is -0.550 e. The number of hydrogen-bond acceptors (Lipinski definition) is 4. The number of hydrogen-bond donors (Lipinski definition) is 1. The molecule has 0 unspecified atom stereocenters. The molecule has 0 spiro atoms. The number of amides is 1. The van der Waals surface area contributed by atoms with Crippen LogP contribution in [0.25, 0.3) is 0 Å². The van der Waals surface area contributed by atoms with E-state index < -0.39 is 17.8 Å². The predicted molar refractivity (Wildman–Crippen MR) is 80.0 cm³/mol. The van der Waals surface area contributed by atoms with Crippen molar-refractivity contribution in [1.29, 1.82) is 0 Å². The van der Waals surface area contributed by atoms with Gasteiger partial charge in [-0.15, -0.1) is 0 Å². The van der Waals surface area contributed by atoms with Crippen molar-refractivity contribution >= 4 is 11.9 Å². The highest BCUT2D eigenvalue weighted by Crippen LogP contribution is 2.25. The first kappa shape index (κ1) is 16.1. The lowest BCUT2D eigenvalue weighted by atomic mass is 9.82. The molecule has 0 saturated carbocycles. The third-order valence-corrected chi connectivity index (χ3v) is 3.76. The molecule has 1 aliphatic carbocycles. The number of carbonyl (C=O) groups is 2. The number of carbonyl (C=O) groups excluding carboxylic acids is 2. The summed E-state index contributed by atoms with van der Waals surface area (Å²) in [5, 5.41) is 13.8. The molecule has 0 bridgehead atoms. The van der Waals surface area contributed by atoms with Gasteiger partial charge in [0.1, 0.15) is 12.4 Å². The van der Waals surface area contributed by atoms with Crippen molar-refractivity contribution in [2.24, 2.45) is 11.8 Å². The second-order valence-corrected chi connectivity index (χ2v) is 5.43. The fourth-order valence-electron chi connectivity index (χ4n) is 2.47. The molecule has 2 rings (SSSR count). The summed E-state index contributed by atoms with van der Waals surface area (Å²) in [6, 6.07) is 7.64. The number of rotatable bonds is 6. The van der Waals surface area contributed by atoms with E-state index in [4.69, 9.17) is 4.74 Å². The third kappa shape index (κ3) is 4.35. The van der Waals surface area contributed by atoms with E-state index in [1.165, 1.54) is 0 Å². The molecule has 1 amide bonds. The zero-order valence-electron chi connectivity index (χ0n) is 12.6. The van der Waals surface area contributed by atoms with E-state index in [9.17, 15) is 14.7 Å². The van der Waals surface area contributed by atoms with Crippen LogP contribution in [0.15, 0.2) is 36.4 Å². The van der Waals surface area contributed by atoms with Gasteiger partial charge in [-0.25, -0.2) is 0 Å². The Bertz CT molecular complexity index is 550. The van der Waals surface area contributed by atoms with Gasteiger partial charge in [0, 0.05) is 17.8 Å². The molecule has 0 radical (unpaired) electrons. The van der Waals surface area contributed by atoms with E-state index >= 15 is 0 Å². The van der Waals surface area contributed by atoms with Gasteiger partial charge in [0.05, 0.1) is 6.54 Å². The number of benzene rings is 1. The maximum Gasteiger partial charge on any atom is 0.224 e. The Morgan fingerprint density at radius 3 is 2.45 bits per heavy atom. The van der Waals surface area contributed by atoms with E-state index in [0.717, 1.165) is 11.3 Å². The highest BCUT2D eigenvalue weighted by atomic mass is 16.5. The van der Waals surface area contributed by atoms with Crippen LogP contribution in [0.5, 0.6) is 5.75 Å². The normalized spacial score (nSPS) is 20.4. The summed E-state index contributed by atoms with van der Waals surface area (Å²) in [6.45, 7) is 2.68. The monoisotopic (exact) mass is 302 g/mol. The van der Waals surface area contributed by atoms with E-state index in [2.05, 4.69) is 5.32 Å². The van der Waals surface area contributed by atoms with Crippen molar-refractivity contribution in [3.05, 3.63) is 42.0 Å². The standard InChI is InChI=1S/C17H21NO4/c1-12-6-8-13(9-7-12)22-11-10-18-16(19)14-4-2-3-5-15(14)17(20)21/h2-3,6-9,14-15H,4-5,10-11H2,1H3,(H,18,19)(H,20,21)/p-1/t14-,15-/m0/s1. The zero-order valence-corrected chi connectivity index (χ0v) is 12.6. The van der Waals surface area contributed by atoms with Gasteiger partial charge in [0.25, 0.3) is 0 Å². The smallest absolute Gasteiger partial charge is 0.224 e. The van der Waals surface area contributed by atoms with E-state index in [0.29, 0.717) is 26.0 Å². The van der Waals surface area contributed by atoms with Crippen molar-refractivity contribution < 1.29 is 19.4 Å². The molecule has 1 N–H and O–H groups in total. The molecule has 22 heavy (non-hydrogen) atoms. The number of nitrogens with one attached hydrogen (secondary N) is 1. The minimum atomic E-state index is -1.17. The first-order valence-corrected chi connectivity index (χ1v) is 7.41. The lowest BCUT2D eigenvalue weighted by Gasteiger charge is -2.28. The second-order valence-electron chi connectivity index (χ2n) is 5.43. The average molecular weight is 302 g/mol. The van der Waals surface area contributed by atoms with Crippen molar-refractivity contribution in [3.63, 3.8) is 0 Å². The third-order valence-electron chi connectivity index (χ3n) is 3.76. The fourth-order valence-corrected chi connectivity index (χ4v) is 2.47. The van der Waals surface area contributed by atoms with Gasteiger partial charge in [0.15, 0.2) is 0 Å². The Labute approximate surface area is 130 Å². The largest absolute Gasteiger partial charge is 0.550 e. The molecule has 1 aliphatic rings. The van der Waals surface area contributed by atoms with Gasteiger partial charge in [-0.1, -0.05) is 29.8 Å². The molecule has 0 aromatic heterocycles. The molecule has 2 atom stereocenters. The molecule has 0 heterocycles. The number of allylic oxidation sites excluding steroid dienone is 2. The maximum absolute atomic E-state index is 12.1. The van der Waals surface area contributed by atoms with Crippen LogP contribution in [0.4, 0.5) is 0 Å². The van der Waals surface area contributed by atoms with Crippen molar-refractivity contribution in [1.82, 2.24) is 5.32 Å². The number of carboxylic acid groups (broad SMARTS) is 1. The molecular weight excluding hydrogens is 282 g/mol. The summed E-state index contributed by atoms with van der Waals surface area (Å²) in [7, 11) is 0. The summed E-state index contributed by atoms with van der Waals surface area (Å²) in [4.78, 5) is 23.1. The van der Waals surface area contributed by atoms with Gasteiger partial charge in [0.2, 0.25) is 5.91 Å². The van der Waals surface area contributed by atoms with Gasteiger partial charge in [-0.05, 0) is 31.9 Å². The number of aliphatic carboxylic acids is 1. The summed E-state index contributed by atoms with van der Waals surface area (Å²) >= 11 is 0. The molecule has 5 heteroatoms. The van der Waals surface area contributed by atoms with Gasteiger partial charge >= 0.3 is 0 Å². The topological polar surface area (TPSA) is 78.5 Å². The predicted octanol–water partition coefficient (Wildman–Crippen LogP) is 0.822. The molecule has 1 aromatic rings. The minimum absolute atomic E-state index is 0.258. The first-order valence-electron chi connectivity index (χ1n) is 7.41. The highest BCUT2D eigenvalue weighted by Gasteiger charge is 2.29. The van der Waals surface area contributed by atoms with Gasteiger partial charge in [-0.2, -0.15) is 0 Å². The summed E-state index contributed by atoms with van der Waals surface area (Å²) in [5.41, 5.74) is 1.15. The lowest BCUT2D eigenvalue weighted by Crippen LogP contribution is -2.44. The van der Waals surface area contributed by atoms with Crippen molar-refractivity contribution in [3.8, 4) is 5.75 Å². The van der Waals surface area contributed by atoms with E-state index in [1.807, 2.05) is 37.3 Å². The Morgan fingerprint density at radius 1 is 1.18 bits per heavy atom. The average Bonchev–Trinajstić information content (AvgIpc) is 2.53. The summed E-state index contributed by atoms with van der Waals surface area (Å²) in [5.74, 6) is -1.99. The zero-order chi connectivity index (χ0) is 15.9. The van der Waals surface area contributed by atoms with Crippen LogP contribution in [0.2, 0.25) is 0 Å². The quantitative estimate of drug-likeness (QED) is 0.623. The van der Waals surface area contributed by atoms with Crippen LogP contribution in [-0.4, -0.2) is 25.0 Å². The Balaban J connectivity index is 1.76. The van der Waals surface area contributed by atoms with Crippen LogP contribution in [0.3, 0.4) is 0 Å². The van der Waals surface area contributed by atoms with Crippen LogP contribution in [-0.2, 0) is 9.59 Å². The second kappa shape index (κ2) is 7.64.